The second-order valence-electron chi connectivity index (χ2n) is 5.48. The van der Waals surface area contributed by atoms with Crippen molar-refractivity contribution in [2.75, 3.05) is 5.73 Å². The van der Waals surface area contributed by atoms with Gasteiger partial charge in [-0.2, -0.15) is 5.10 Å². The average molecular weight is 255 g/mol. The molecule has 1 fully saturated rings. The third kappa shape index (κ3) is 2.80. The van der Waals surface area contributed by atoms with Crippen molar-refractivity contribution in [2.45, 2.75) is 44.6 Å². The highest BCUT2D eigenvalue weighted by molar-refractivity contribution is 5.63. The molecule has 1 aliphatic rings. The van der Waals surface area contributed by atoms with Gasteiger partial charge in [0.2, 0.25) is 0 Å². The normalized spacial score (nSPS) is 17.3. The maximum Gasteiger partial charge on any atom is 0.0568 e. The van der Waals surface area contributed by atoms with Gasteiger partial charge in [0.05, 0.1) is 12.2 Å². The fourth-order valence-electron chi connectivity index (χ4n) is 2.88. The molecule has 2 N–H and O–H groups in total. The van der Waals surface area contributed by atoms with Crippen LogP contribution in [0.1, 0.15) is 44.6 Å². The summed E-state index contributed by atoms with van der Waals surface area (Å²) < 4.78 is 2.16. The lowest BCUT2D eigenvalue weighted by Crippen LogP contribution is -2.08. The molecule has 1 saturated carbocycles. The minimum Gasteiger partial charge on any atom is -0.399 e. The minimum absolute atomic E-state index is 0.588. The first kappa shape index (κ1) is 12.3. The summed E-state index contributed by atoms with van der Waals surface area (Å²) in [6.07, 6.45) is 12.1. The number of anilines is 1. The molecule has 3 nitrogen and oxygen atoms in total. The van der Waals surface area contributed by atoms with E-state index in [9.17, 15) is 0 Å². The number of rotatable bonds is 2. The van der Waals surface area contributed by atoms with Gasteiger partial charge in [0.25, 0.3) is 0 Å². The second kappa shape index (κ2) is 5.47. The van der Waals surface area contributed by atoms with Crippen molar-refractivity contribution in [3.8, 4) is 11.1 Å². The average Bonchev–Trinajstić information content (AvgIpc) is 2.76. The van der Waals surface area contributed by atoms with E-state index in [0.29, 0.717) is 6.04 Å². The van der Waals surface area contributed by atoms with Crippen LogP contribution in [-0.4, -0.2) is 9.78 Å². The van der Waals surface area contributed by atoms with Crippen LogP contribution >= 0.6 is 0 Å². The zero-order valence-corrected chi connectivity index (χ0v) is 11.3. The van der Waals surface area contributed by atoms with Gasteiger partial charge in [-0.1, -0.05) is 37.8 Å². The van der Waals surface area contributed by atoms with Crippen LogP contribution in [0.25, 0.3) is 11.1 Å². The van der Waals surface area contributed by atoms with Crippen LogP contribution in [-0.2, 0) is 0 Å². The van der Waals surface area contributed by atoms with Gasteiger partial charge in [-0.3, -0.25) is 4.68 Å². The van der Waals surface area contributed by atoms with Crippen LogP contribution in [0.5, 0.6) is 0 Å². The Balaban J connectivity index is 1.80. The summed E-state index contributed by atoms with van der Waals surface area (Å²) in [6.45, 7) is 0. The number of nitrogen functional groups attached to an aromatic ring is 1. The number of aromatic nitrogens is 2. The summed E-state index contributed by atoms with van der Waals surface area (Å²) in [7, 11) is 0. The lowest BCUT2D eigenvalue weighted by atomic mass is 10.1. The minimum atomic E-state index is 0.588. The molecule has 0 bridgehead atoms. The predicted octanol–water partition coefficient (Wildman–Crippen LogP) is 4.03. The van der Waals surface area contributed by atoms with Gasteiger partial charge in [0, 0.05) is 17.4 Å². The van der Waals surface area contributed by atoms with Crippen molar-refractivity contribution < 1.29 is 0 Å². The first-order valence-electron chi connectivity index (χ1n) is 7.23. The van der Waals surface area contributed by atoms with E-state index in [2.05, 4.69) is 28.1 Å². The van der Waals surface area contributed by atoms with Gasteiger partial charge in [-0.05, 0) is 30.5 Å². The van der Waals surface area contributed by atoms with Gasteiger partial charge in [-0.25, -0.2) is 0 Å². The van der Waals surface area contributed by atoms with E-state index in [-0.39, 0.29) is 0 Å². The zero-order chi connectivity index (χ0) is 13.1. The van der Waals surface area contributed by atoms with E-state index >= 15 is 0 Å². The number of benzene rings is 1. The molecule has 0 saturated heterocycles. The highest BCUT2D eigenvalue weighted by Crippen LogP contribution is 2.28. The van der Waals surface area contributed by atoms with E-state index in [0.717, 1.165) is 5.69 Å². The maximum absolute atomic E-state index is 5.72. The number of hydrogen-bond donors (Lipinski definition) is 1. The molecule has 1 aromatic carbocycles. The molecule has 0 spiro atoms. The topological polar surface area (TPSA) is 43.8 Å². The summed E-state index contributed by atoms with van der Waals surface area (Å²) in [5.74, 6) is 0. The Morgan fingerprint density at radius 1 is 0.947 bits per heavy atom. The van der Waals surface area contributed by atoms with Gasteiger partial charge < -0.3 is 5.73 Å². The van der Waals surface area contributed by atoms with Crippen molar-refractivity contribution in [3.63, 3.8) is 0 Å². The molecule has 3 rings (SSSR count). The van der Waals surface area contributed by atoms with E-state index in [1.807, 2.05) is 18.3 Å². The molecule has 0 radical (unpaired) electrons. The molecule has 19 heavy (non-hydrogen) atoms. The van der Waals surface area contributed by atoms with E-state index in [1.54, 1.807) is 0 Å². The van der Waals surface area contributed by atoms with E-state index in [4.69, 9.17) is 5.73 Å². The Bertz CT molecular complexity index is 519. The third-order valence-corrected chi connectivity index (χ3v) is 4.04. The predicted molar refractivity (Wildman–Crippen MR) is 78.8 cm³/mol. The SMILES string of the molecule is Nc1ccc(-c2cnn(C3CCCCCC3)c2)cc1. The number of nitrogens with two attached hydrogens (primary N) is 1. The fraction of sp³-hybridized carbons (Fsp3) is 0.438. The van der Waals surface area contributed by atoms with Crippen molar-refractivity contribution in [3.05, 3.63) is 36.7 Å². The molecular formula is C16H21N3. The molecular weight excluding hydrogens is 234 g/mol. The molecule has 2 aromatic rings. The molecule has 0 amide bonds. The Labute approximate surface area is 114 Å². The number of hydrogen-bond acceptors (Lipinski definition) is 2. The summed E-state index contributed by atoms with van der Waals surface area (Å²) in [5, 5.41) is 4.57. The largest absolute Gasteiger partial charge is 0.399 e. The van der Waals surface area contributed by atoms with Crippen LogP contribution in [0.3, 0.4) is 0 Å². The Hall–Kier alpha value is -1.77. The van der Waals surface area contributed by atoms with Crippen molar-refractivity contribution >= 4 is 5.69 Å². The lowest BCUT2D eigenvalue weighted by molar-refractivity contribution is 0.405. The van der Waals surface area contributed by atoms with Crippen molar-refractivity contribution in [2.24, 2.45) is 0 Å². The van der Waals surface area contributed by atoms with Crippen molar-refractivity contribution in [1.82, 2.24) is 9.78 Å². The number of nitrogens with zero attached hydrogens (tertiary/aromatic N) is 2. The molecule has 0 atom stereocenters. The van der Waals surface area contributed by atoms with Crippen LogP contribution < -0.4 is 5.73 Å². The van der Waals surface area contributed by atoms with E-state index < -0.39 is 0 Å². The van der Waals surface area contributed by atoms with Gasteiger partial charge >= 0.3 is 0 Å². The molecule has 0 unspecified atom stereocenters. The third-order valence-electron chi connectivity index (χ3n) is 4.04. The summed E-state index contributed by atoms with van der Waals surface area (Å²) in [5.41, 5.74) is 8.90. The molecule has 3 heteroatoms. The maximum atomic E-state index is 5.72. The van der Waals surface area contributed by atoms with Gasteiger partial charge in [-0.15, -0.1) is 0 Å². The summed E-state index contributed by atoms with van der Waals surface area (Å²) >= 11 is 0. The van der Waals surface area contributed by atoms with Crippen molar-refractivity contribution in [1.29, 1.82) is 0 Å². The fourth-order valence-corrected chi connectivity index (χ4v) is 2.88. The quantitative estimate of drug-likeness (QED) is 0.650. The van der Waals surface area contributed by atoms with Crippen LogP contribution in [0, 0.1) is 0 Å². The molecule has 1 aliphatic carbocycles. The molecule has 1 heterocycles. The highest BCUT2D eigenvalue weighted by Gasteiger charge is 2.15. The first-order chi connectivity index (χ1) is 9.33. The Kier molecular flexibility index (Phi) is 3.53. The standard InChI is InChI=1S/C16H21N3/c17-15-9-7-13(8-10-15)14-11-18-19(12-14)16-5-3-1-2-4-6-16/h7-12,16H,1-6,17H2. The Morgan fingerprint density at radius 3 is 2.32 bits per heavy atom. The van der Waals surface area contributed by atoms with Crippen LogP contribution in [0.2, 0.25) is 0 Å². The summed E-state index contributed by atoms with van der Waals surface area (Å²) in [6, 6.07) is 8.59. The second-order valence-corrected chi connectivity index (χ2v) is 5.48. The lowest BCUT2D eigenvalue weighted by Gasteiger charge is -2.14. The van der Waals surface area contributed by atoms with Crippen LogP contribution in [0.15, 0.2) is 36.7 Å². The molecule has 0 aliphatic heterocycles. The Morgan fingerprint density at radius 2 is 1.63 bits per heavy atom. The highest BCUT2D eigenvalue weighted by atomic mass is 15.3. The molecule has 100 valence electrons. The first-order valence-corrected chi connectivity index (χ1v) is 7.23. The van der Waals surface area contributed by atoms with Crippen LogP contribution in [0.4, 0.5) is 5.69 Å². The monoisotopic (exact) mass is 255 g/mol. The van der Waals surface area contributed by atoms with E-state index in [1.165, 1.54) is 49.7 Å². The smallest absolute Gasteiger partial charge is 0.0568 e. The zero-order valence-electron chi connectivity index (χ0n) is 11.3. The molecule has 1 aromatic heterocycles. The summed E-state index contributed by atoms with van der Waals surface area (Å²) in [4.78, 5) is 0. The van der Waals surface area contributed by atoms with Gasteiger partial charge in [0.15, 0.2) is 0 Å². The van der Waals surface area contributed by atoms with Gasteiger partial charge in [0.1, 0.15) is 0 Å².